The highest BCUT2D eigenvalue weighted by Crippen LogP contribution is 2.35. The van der Waals surface area contributed by atoms with Gasteiger partial charge >= 0.3 is 0 Å². The van der Waals surface area contributed by atoms with Crippen molar-refractivity contribution >= 4 is 0 Å². The third-order valence-corrected chi connectivity index (χ3v) is 2.71. The van der Waals surface area contributed by atoms with Crippen LogP contribution in [0.5, 0.6) is 0 Å². The van der Waals surface area contributed by atoms with Crippen molar-refractivity contribution in [3.63, 3.8) is 0 Å². The summed E-state index contributed by atoms with van der Waals surface area (Å²) in [5.74, 6) is 0. The monoisotopic (exact) mass is 209 g/mol. The Morgan fingerprint density at radius 1 is 0.875 bits per heavy atom. The van der Waals surface area contributed by atoms with E-state index < -0.39 is 0 Å². The first-order chi connectivity index (χ1) is 7.86. The summed E-state index contributed by atoms with van der Waals surface area (Å²) in [4.78, 5) is 0. The number of fused-ring (bicyclic) bond motifs is 3. The highest BCUT2D eigenvalue weighted by atomic mass is 14.5. The third kappa shape index (κ3) is 1.84. The summed E-state index contributed by atoms with van der Waals surface area (Å²) >= 11 is 0. The van der Waals surface area contributed by atoms with Gasteiger partial charge in [0, 0.05) is 0 Å². The molecular weight excluding hydrogens is 194 g/mol. The van der Waals surface area contributed by atoms with Crippen molar-refractivity contribution in [2.24, 2.45) is 5.73 Å². The maximum atomic E-state index is 4.61. The lowest BCUT2D eigenvalue weighted by molar-refractivity contribution is 1.26. The van der Waals surface area contributed by atoms with Crippen LogP contribution in [0, 0.1) is 0 Å². The first-order valence-corrected chi connectivity index (χ1v) is 5.35. The number of benzene rings is 2. The molecule has 0 fully saturated rings. The molecule has 2 N–H and O–H groups in total. The van der Waals surface area contributed by atoms with Gasteiger partial charge in [-0.05, 0) is 34.9 Å². The number of hydrogen-bond donors (Lipinski definition) is 1. The Morgan fingerprint density at radius 2 is 1.25 bits per heavy atom. The summed E-state index contributed by atoms with van der Waals surface area (Å²) in [7, 11) is 0. The predicted molar refractivity (Wildman–Crippen MR) is 69.1 cm³/mol. The Labute approximate surface area is 96.2 Å². The van der Waals surface area contributed by atoms with E-state index in [0.29, 0.717) is 0 Å². The molecule has 0 amide bonds. The van der Waals surface area contributed by atoms with Crippen LogP contribution in [-0.4, -0.2) is 0 Å². The molecule has 2 aromatic rings. The van der Waals surface area contributed by atoms with Crippen LogP contribution in [-0.2, 0) is 6.42 Å². The molecule has 1 aliphatic carbocycles. The zero-order valence-electron chi connectivity index (χ0n) is 9.19. The molecule has 0 bridgehead atoms. The molecule has 0 saturated heterocycles. The van der Waals surface area contributed by atoms with E-state index in [1.54, 1.807) is 0 Å². The van der Waals surface area contributed by atoms with Gasteiger partial charge in [-0.25, -0.2) is 0 Å². The fourth-order valence-electron chi connectivity index (χ4n) is 2.08. The Morgan fingerprint density at radius 3 is 1.69 bits per heavy atom. The summed E-state index contributed by atoms with van der Waals surface area (Å²) in [6, 6.07) is 17.3. The lowest BCUT2D eigenvalue weighted by Crippen LogP contribution is -1.77. The van der Waals surface area contributed by atoms with Crippen molar-refractivity contribution < 1.29 is 0 Å². The third-order valence-electron chi connectivity index (χ3n) is 2.71. The van der Waals surface area contributed by atoms with Crippen molar-refractivity contribution in [2.45, 2.75) is 6.42 Å². The van der Waals surface area contributed by atoms with Gasteiger partial charge in [-0.3, -0.25) is 0 Å². The number of nitrogens with two attached hydrogens (primary N) is 1. The first-order valence-electron chi connectivity index (χ1n) is 5.35. The van der Waals surface area contributed by atoms with Gasteiger partial charge in [-0.1, -0.05) is 55.1 Å². The van der Waals surface area contributed by atoms with E-state index >= 15 is 0 Å². The Bertz CT molecular complexity index is 457. The van der Waals surface area contributed by atoms with Gasteiger partial charge < -0.3 is 5.73 Å². The Kier molecular flexibility index (Phi) is 3.06. The molecule has 0 unspecified atom stereocenters. The second-order valence-electron chi connectivity index (χ2n) is 3.73. The second-order valence-corrected chi connectivity index (χ2v) is 3.73. The van der Waals surface area contributed by atoms with E-state index in [-0.39, 0.29) is 0 Å². The summed E-state index contributed by atoms with van der Waals surface area (Å²) in [6.07, 6.45) is 2.35. The molecule has 0 saturated carbocycles. The fraction of sp³-hybridized carbons (Fsp3) is 0.0667. The highest BCUT2D eigenvalue weighted by Gasteiger charge is 2.15. The lowest BCUT2D eigenvalue weighted by atomic mass is 10.1. The van der Waals surface area contributed by atoms with E-state index in [0.717, 1.165) is 6.42 Å². The van der Waals surface area contributed by atoms with Crippen LogP contribution in [0.15, 0.2) is 61.3 Å². The molecule has 0 radical (unpaired) electrons. The number of hydrogen-bond acceptors (Lipinski definition) is 1. The molecule has 0 atom stereocenters. The van der Waals surface area contributed by atoms with E-state index in [2.05, 4.69) is 60.8 Å². The zero-order valence-corrected chi connectivity index (χ0v) is 9.19. The van der Waals surface area contributed by atoms with E-state index in [1.165, 1.54) is 28.5 Å². The summed E-state index contributed by atoms with van der Waals surface area (Å²) < 4.78 is 0. The smallest absolute Gasteiger partial charge is 0.00135 e. The van der Waals surface area contributed by atoms with Crippen LogP contribution >= 0.6 is 0 Å². The van der Waals surface area contributed by atoms with Crippen LogP contribution in [0.1, 0.15) is 11.1 Å². The second kappa shape index (κ2) is 4.67. The average Bonchev–Trinajstić information content (AvgIpc) is 2.68. The van der Waals surface area contributed by atoms with Gasteiger partial charge in [0.25, 0.3) is 0 Å². The maximum absolute atomic E-state index is 4.61. The molecule has 0 aliphatic heterocycles. The van der Waals surface area contributed by atoms with Crippen molar-refractivity contribution in [2.75, 3.05) is 0 Å². The van der Waals surface area contributed by atoms with Crippen LogP contribution in [0.3, 0.4) is 0 Å². The maximum Gasteiger partial charge on any atom is -0.00135 e. The predicted octanol–water partition coefficient (Wildman–Crippen LogP) is 3.35. The van der Waals surface area contributed by atoms with Gasteiger partial charge in [-0.15, -0.1) is 0 Å². The molecular formula is C15H15N. The molecule has 1 heteroatoms. The van der Waals surface area contributed by atoms with Gasteiger partial charge in [0.05, 0.1) is 0 Å². The van der Waals surface area contributed by atoms with Crippen LogP contribution < -0.4 is 5.73 Å². The van der Waals surface area contributed by atoms with Crippen molar-refractivity contribution in [1.82, 2.24) is 0 Å². The summed E-state index contributed by atoms with van der Waals surface area (Å²) in [5.41, 5.74) is 10.4. The standard InChI is InChI=1S/C13H10.C2H5N/c1-3-7-12-10(5-1)9-11-6-2-4-8-13(11)12;1-2-3/h1-8H,9H2;2H,1,3H2. The van der Waals surface area contributed by atoms with Crippen LogP contribution in [0.25, 0.3) is 11.1 Å². The van der Waals surface area contributed by atoms with Crippen molar-refractivity contribution in [1.29, 1.82) is 0 Å². The molecule has 80 valence electrons. The van der Waals surface area contributed by atoms with Crippen LogP contribution in [0.2, 0.25) is 0 Å². The molecule has 2 aromatic carbocycles. The molecule has 3 rings (SSSR count). The summed E-state index contributed by atoms with van der Waals surface area (Å²) in [5, 5.41) is 0. The molecule has 16 heavy (non-hydrogen) atoms. The average molecular weight is 209 g/mol. The molecule has 1 aliphatic rings. The Balaban J connectivity index is 0.000000292. The zero-order chi connectivity index (χ0) is 11.4. The number of rotatable bonds is 0. The van der Waals surface area contributed by atoms with Gasteiger partial charge in [0.1, 0.15) is 0 Å². The van der Waals surface area contributed by atoms with Gasteiger partial charge in [0.2, 0.25) is 0 Å². The minimum absolute atomic E-state index is 1.10. The molecule has 0 spiro atoms. The van der Waals surface area contributed by atoms with E-state index in [4.69, 9.17) is 0 Å². The summed E-state index contributed by atoms with van der Waals surface area (Å²) in [6.45, 7) is 3.14. The SMILES string of the molecule is C=CN.c1ccc2c(c1)Cc1ccccc1-2. The lowest BCUT2D eigenvalue weighted by Gasteiger charge is -1.98. The topological polar surface area (TPSA) is 26.0 Å². The fourth-order valence-corrected chi connectivity index (χ4v) is 2.08. The highest BCUT2D eigenvalue weighted by molar-refractivity contribution is 5.76. The first kappa shape index (κ1) is 10.5. The quantitative estimate of drug-likeness (QED) is 0.603. The minimum atomic E-state index is 1.10. The van der Waals surface area contributed by atoms with Gasteiger partial charge in [0.15, 0.2) is 0 Å². The molecule has 0 aromatic heterocycles. The Hall–Kier alpha value is -2.02. The largest absolute Gasteiger partial charge is 0.405 e. The van der Waals surface area contributed by atoms with E-state index in [9.17, 15) is 0 Å². The van der Waals surface area contributed by atoms with Crippen molar-refractivity contribution in [3.8, 4) is 11.1 Å². The molecule has 0 heterocycles. The normalized spacial score (nSPS) is 10.8. The minimum Gasteiger partial charge on any atom is -0.405 e. The molecule has 1 nitrogen and oxygen atoms in total. The van der Waals surface area contributed by atoms with E-state index in [1.807, 2.05) is 0 Å². The van der Waals surface area contributed by atoms with Crippen molar-refractivity contribution in [3.05, 3.63) is 72.4 Å². The van der Waals surface area contributed by atoms with Crippen LogP contribution in [0.4, 0.5) is 0 Å². The van der Waals surface area contributed by atoms with Gasteiger partial charge in [-0.2, -0.15) is 0 Å².